The highest BCUT2D eigenvalue weighted by molar-refractivity contribution is 6.31. The first kappa shape index (κ1) is 8.15. The van der Waals surface area contributed by atoms with E-state index in [0.717, 1.165) is 5.56 Å². The number of halogens is 1. The second kappa shape index (κ2) is 3.44. The van der Waals surface area contributed by atoms with Gasteiger partial charge in [0.2, 0.25) is 0 Å². The highest BCUT2D eigenvalue weighted by Crippen LogP contribution is 2.17. The molecule has 0 radical (unpaired) electrons. The van der Waals surface area contributed by atoms with Crippen molar-refractivity contribution in [3.05, 3.63) is 34.9 Å². The molecule has 0 spiro atoms. The van der Waals surface area contributed by atoms with Gasteiger partial charge in [-0.05, 0) is 30.7 Å². The minimum absolute atomic E-state index is 0.679. The monoisotopic (exact) mass is 167 g/mol. The van der Waals surface area contributed by atoms with Crippen LogP contribution < -0.4 is 5.73 Å². The summed E-state index contributed by atoms with van der Waals surface area (Å²) in [4.78, 5) is 0. The molecule has 2 N–H and O–H groups in total. The van der Waals surface area contributed by atoms with Crippen LogP contribution in [0.25, 0.3) is 6.08 Å². The molecule has 0 aliphatic carbocycles. The van der Waals surface area contributed by atoms with Gasteiger partial charge < -0.3 is 5.73 Å². The third kappa shape index (κ3) is 2.28. The van der Waals surface area contributed by atoms with Crippen LogP contribution in [0.1, 0.15) is 12.5 Å². The number of allylic oxidation sites excluding steroid dienone is 1. The summed E-state index contributed by atoms with van der Waals surface area (Å²) in [5, 5.41) is 0.679. The van der Waals surface area contributed by atoms with Crippen molar-refractivity contribution >= 4 is 23.4 Å². The van der Waals surface area contributed by atoms with E-state index < -0.39 is 0 Å². The molecule has 11 heavy (non-hydrogen) atoms. The number of rotatable bonds is 1. The Morgan fingerprint density at radius 1 is 1.36 bits per heavy atom. The first-order valence-corrected chi connectivity index (χ1v) is 3.79. The van der Waals surface area contributed by atoms with Gasteiger partial charge in [-0.15, -0.1) is 0 Å². The number of nitrogen functional groups attached to an aromatic ring is 1. The van der Waals surface area contributed by atoms with Crippen LogP contribution in [0.15, 0.2) is 24.3 Å². The van der Waals surface area contributed by atoms with Crippen LogP contribution >= 0.6 is 11.6 Å². The number of benzene rings is 1. The van der Waals surface area contributed by atoms with Crippen molar-refractivity contribution < 1.29 is 0 Å². The molecule has 0 amide bonds. The summed E-state index contributed by atoms with van der Waals surface area (Å²) in [5.41, 5.74) is 7.31. The molecule has 2 heteroatoms. The highest BCUT2D eigenvalue weighted by atomic mass is 35.5. The van der Waals surface area contributed by atoms with E-state index in [1.54, 1.807) is 6.07 Å². The summed E-state index contributed by atoms with van der Waals surface area (Å²) in [6.45, 7) is 1.96. The number of hydrogen-bond donors (Lipinski definition) is 1. The molecular formula is C9H10ClN. The van der Waals surface area contributed by atoms with Crippen molar-refractivity contribution in [2.45, 2.75) is 6.92 Å². The summed E-state index contributed by atoms with van der Waals surface area (Å²) in [6.07, 6.45) is 3.91. The van der Waals surface area contributed by atoms with E-state index in [9.17, 15) is 0 Å². The van der Waals surface area contributed by atoms with Gasteiger partial charge in [-0.2, -0.15) is 0 Å². The standard InChI is InChI=1S/C9H10ClN/c1-2-3-7-4-8(10)6-9(11)5-7/h2-6H,11H2,1H3/b3-2+. The molecular weight excluding hydrogens is 158 g/mol. The smallest absolute Gasteiger partial charge is 0.0432 e. The minimum atomic E-state index is 0.679. The molecule has 0 aliphatic rings. The van der Waals surface area contributed by atoms with Gasteiger partial charge in [0.25, 0.3) is 0 Å². The summed E-state index contributed by atoms with van der Waals surface area (Å²) >= 11 is 5.77. The highest BCUT2D eigenvalue weighted by Gasteiger charge is 1.92. The lowest BCUT2D eigenvalue weighted by molar-refractivity contribution is 1.63. The van der Waals surface area contributed by atoms with E-state index in [2.05, 4.69) is 0 Å². The largest absolute Gasteiger partial charge is 0.399 e. The summed E-state index contributed by atoms with van der Waals surface area (Å²) < 4.78 is 0. The lowest BCUT2D eigenvalue weighted by atomic mass is 10.2. The number of nitrogens with two attached hydrogens (primary N) is 1. The normalized spacial score (nSPS) is 10.7. The molecule has 0 aromatic heterocycles. The zero-order valence-electron chi connectivity index (χ0n) is 6.34. The average molecular weight is 168 g/mol. The zero-order valence-corrected chi connectivity index (χ0v) is 7.10. The Labute approximate surface area is 71.5 Å². The van der Waals surface area contributed by atoms with Crippen LogP contribution in [-0.4, -0.2) is 0 Å². The van der Waals surface area contributed by atoms with E-state index in [1.165, 1.54) is 0 Å². The predicted molar refractivity (Wildman–Crippen MR) is 50.6 cm³/mol. The maximum absolute atomic E-state index is 5.77. The molecule has 1 aromatic carbocycles. The van der Waals surface area contributed by atoms with Gasteiger partial charge in [-0.1, -0.05) is 23.8 Å². The molecule has 0 saturated carbocycles. The zero-order chi connectivity index (χ0) is 8.27. The Balaban J connectivity index is 3.08. The van der Waals surface area contributed by atoms with E-state index in [4.69, 9.17) is 17.3 Å². The molecule has 0 unspecified atom stereocenters. The fourth-order valence-corrected chi connectivity index (χ4v) is 1.18. The van der Waals surface area contributed by atoms with Crippen LogP contribution in [0.2, 0.25) is 5.02 Å². The van der Waals surface area contributed by atoms with Gasteiger partial charge in [0, 0.05) is 10.7 Å². The molecule has 0 aliphatic heterocycles. The van der Waals surface area contributed by atoms with Crippen LogP contribution in [0.3, 0.4) is 0 Å². The van der Waals surface area contributed by atoms with E-state index in [1.807, 2.05) is 31.2 Å². The van der Waals surface area contributed by atoms with Gasteiger partial charge in [0.1, 0.15) is 0 Å². The van der Waals surface area contributed by atoms with Crippen molar-refractivity contribution in [2.75, 3.05) is 5.73 Å². The molecule has 0 heterocycles. The fraction of sp³-hybridized carbons (Fsp3) is 0.111. The summed E-state index contributed by atoms with van der Waals surface area (Å²) in [5.74, 6) is 0. The first-order valence-electron chi connectivity index (χ1n) is 3.41. The van der Waals surface area contributed by atoms with Crippen LogP contribution in [-0.2, 0) is 0 Å². The van der Waals surface area contributed by atoms with Gasteiger partial charge in [0.15, 0.2) is 0 Å². The summed E-state index contributed by atoms with van der Waals surface area (Å²) in [6, 6.07) is 5.48. The molecule has 0 fully saturated rings. The van der Waals surface area contributed by atoms with Crippen LogP contribution in [0.4, 0.5) is 5.69 Å². The fourth-order valence-electron chi connectivity index (χ4n) is 0.925. The molecule has 1 aromatic rings. The van der Waals surface area contributed by atoms with Gasteiger partial charge >= 0.3 is 0 Å². The van der Waals surface area contributed by atoms with Crippen molar-refractivity contribution in [1.29, 1.82) is 0 Å². The predicted octanol–water partition coefficient (Wildman–Crippen LogP) is 2.96. The Bertz CT molecular complexity index is 259. The maximum Gasteiger partial charge on any atom is 0.0432 e. The van der Waals surface area contributed by atoms with Gasteiger partial charge in [-0.25, -0.2) is 0 Å². The third-order valence-electron chi connectivity index (χ3n) is 1.30. The maximum atomic E-state index is 5.77. The lowest BCUT2D eigenvalue weighted by Crippen LogP contribution is -1.84. The topological polar surface area (TPSA) is 26.0 Å². The van der Waals surface area contributed by atoms with E-state index in [0.29, 0.717) is 10.7 Å². The Morgan fingerprint density at radius 2 is 2.09 bits per heavy atom. The number of anilines is 1. The quantitative estimate of drug-likeness (QED) is 0.640. The molecule has 0 bridgehead atoms. The second-order valence-corrected chi connectivity index (χ2v) is 2.75. The molecule has 58 valence electrons. The Kier molecular flexibility index (Phi) is 2.55. The van der Waals surface area contributed by atoms with Crippen molar-refractivity contribution in [3.8, 4) is 0 Å². The third-order valence-corrected chi connectivity index (χ3v) is 1.52. The summed E-state index contributed by atoms with van der Waals surface area (Å²) in [7, 11) is 0. The Morgan fingerprint density at radius 3 is 2.64 bits per heavy atom. The Hall–Kier alpha value is -0.950. The number of hydrogen-bond acceptors (Lipinski definition) is 1. The van der Waals surface area contributed by atoms with Crippen LogP contribution in [0.5, 0.6) is 0 Å². The SMILES string of the molecule is C/C=C/c1cc(N)cc(Cl)c1. The van der Waals surface area contributed by atoms with Gasteiger partial charge in [0.05, 0.1) is 0 Å². The molecule has 0 saturated heterocycles. The van der Waals surface area contributed by atoms with E-state index in [-0.39, 0.29) is 0 Å². The molecule has 1 nitrogen and oxygen atoms in total. The van der Waals surface area contributed by atoms with Crippen molar-refractivity contribution in [1.82, 2.24) is 0 Å². The van der Waals surface area contributed by atoms with Gasteiger partial charge in [-0.3, -0.25) is 0 Å². The lowest BCUT2D eigenvalue weighted by Gasteiger charge is -1.97. The van der Waals surface area contributed by atoms with Crippen molar-refractivity contribution in [2.24, 2.45) is 0 Å². The molecule has 0 atom stereocenters. The first-order chi connectivity index (χ1) is 5.22. The van der Waals surface area contributed by atoms with E-state index >= 15 is 0 Å². The van der Waals surface area contributed by atoms with Crippen molar-refractivity contribution in [3.63, 3.8) is 0 Å². The van der Waals surface area contributed by atoms with Crippen LogP contribution in [0, 0.1) is 0 Å². The molecule has 1 rings (SSSR count). The minimum Gasteiger partial charge on any atom is -0.399 e. The second-order valence-electron chi connectivity index (χ2n) is 2.32. The average Bonchev–Trinajstić information content (AvgIpc) is 1.85.